The van der Waals surface area contributed by atoms with E-state index in [0.717, 1.165) is 22.4 Å². The van der Waals surface area contributed by atoms with Crippen molar-refractivity contribution >= 4 is 12.0 Å². The molecule has 120 valence electrons. The maximum atomic E-state index is 11.0. The van der Waals surface area contributed by atoms with E-state index in [1.807, 2.05) is 60.8 Å². The maximum absolute atomic E-state index is 11.0. The third-order valence-corrected chi connectivity index (χ3v) is 3.44. The van der Waals surface area contributed by atoms with Gasteiger partial charge in [0.05, 0.1) is 12.7 Å². The molecule has 0 aliphatic carbocycles. The average molecular weight is 320 g/mol. The van der Waals surface area contributed by atoms with Crippen LogP contribution in [-0.2, 0) is 11.3 Å². The number of benzene rings is 2. The van der Waals surface area contributed by atoms with Crippen molar-refractivity contribution in [1.82, 2.24) is 20.5 Å². The number of nitrogens with one attached hydrogen (secondary N) is 1. The highest BCUT2D eigenvalue weighted by Gasteiger charge is 2.04. The fourth-order valence-electron chi connectivity index (χ4n) is 2.31. The number of hydrogen-bond donors (Lipinski definition) is 2. The molecule has 0 unspecified atom stereocenters. The van der Waals surface area contributed by atoms with E-state index in [1.54, 1.807) is 16.2 Å². The Balaban J connectivity index is 1.74. The van der Waals surface area contributed by atoms with Gasteiger partial charge in [-0.2, -0.15) is 0 Å². The van der Waals surface area contributed by atoms with E-state index in [9.17, 15) is 4.79 Å². The van der Waals surface area contributed by atoms with Gasteiger partial charge in [0.25, 0.3) is 5.91 Å². The first-order chi connectivity index (χ1) is 11.7. The van der Waals surface area contributed by atoms with Gasteiger partial charge in [0, 0.05) is 11.6 Å². The van der Waals surface area contributed by atoms with Crippen LogP contribution in [0.4, 0.5) is 0 Å². The highest BCUT2D eigenvalue weighted by molar-refractivity contribution is 5.90. The van der Waals surface area contributed by atoms with Crippen LogP contribution in [0, 0.1) is 0 Å². The molecule has 0 radical (unpaired) electrons. The van der Waals surface area contributed by atoms with Crippen LogP contribution in [0.2, 0.25) is 0 Å². The summed E-state index contributed by atoms with van der Waals surface area (Å²) in [7, 11) is 0. The minimum Gasteiger partial charge on any atom is -0.288 e. The molecule has 2 aromatic carbocycles. The number of aromatic nitrogens is 3. The predicted molar refractivity (Wildman–Crippen MR) is 90.0 cm³/mol. The number of nitrogens with zero attached hydrogens (tertiary/aromatic N) is 3. The minimum absolute atomic E-state index is 0.566. The lowest BCUT2D eigenvalue weighted by atomic mass is 10.1. The molecule has 0 atom stereocenters. The van der Waals surface area contributed by atoms with Crippen LogP contribution < -0.4 is 5.48 Å². The molecule has 3 rings (SSSR count). The van der Waals surface area contributed by atoms with E-state index < -0.39 is 5.91 Å². The summed E-state index contributed by atoms with van der Waals surface area (Å²) < 4.78 is 1.77. The highest BCUT2D eigenvalue weighted by Crippen LogP contribution is 2.16. The van der Waals surface area contributed by atoms with Crippen molar-refractivity contribution in [2.24, 2.45) is 0 Å². The summed E-state index contributed by atoms with van der Waals surface area (Å²) in [5.74, 6) is -0.566. The zero-order valence-electron chi connectivity index (χ0n) is 12.8. The van der Waals surface area contributed by atoms with E-state index in [2.05, 4.69) is 10.3 Å². The molecule has 24 heavy (non-hydrogen) atoms. The highest BCUT2D eigenvalue weighted by atomic mass is 16.5. The molecule has 0 aliphatic rings. The molecule has 1 heterocycles. The maximum Gasteiger partial charge on any atom is 0.267 e. The Morgan fingerprint density at radius 3 is 2.79 bits per heavy atom. The summed E-state index contributed by atoms with van der Waals surface area (Å²) in [5, 5.41) is 16.8. The molecule has 6 heteroatoms. The largest absolute Gasteiger partial charge is 0.288 e. The first-order valence-corrected chi connectivity index (χ1v) is 7.41. The second kappa shape index (κ2) is 7.34. The van der Waals surface area contributed by atoms with E-state index >= 15 is 0 Å². The molecular weight excluding hydrogens is 304 g/mol. The molecular formula is C18H16N4O2. The van der Waals surface area contributed by atoms with Gasteiger partial charge in [0.2, 0.25) is 0 Å². The SMILES string of the molecule is O=C(/C=C/c1cccc(Cn2cc(-c3ccccc3)nn2)c1)NO. The standard InChI is InChI=1S/C18H16N4O2/c23-18(20-24)10-9-14-5-4-6-15(11-14)12-22-13-17(19-21-22)16-7-2-1-3-8-16/h1-11,13,24H,12H2,(H,20,23)/b10-9+. The van der Waals surface area contributed by atoms with Crippen LogP contribution in [0.5, 0.6) is 0 Å². The second-order valence-electron chi connectivity index (χ2n) is 5.22. The third kappa shape index (κ3) is 3.93. The normalized spacial score (nSPS) is 10.9. The van der Waals surface area contributed by atoms with Gasteiger partial charge in [-0.25, -0.2) is 10.2 Å². The quantitative estimate of drug-likeness (QED) is 0.430. The number of hydroxylamine groups is 1. The van der Waals surface area contributed by atoms with Crippen molar-refractivity contribution in [3.63, 3.8) is 0 Å². The van der Waals surface area contributed by atoms with Crippen molar-refractivity contribution in [2.45, 2.75) is 6.54 Å². The van der Waals surface area contributed by atoms with Gasteiger partial charge < -0.3 is 0 Å². The lowest BCUT2D eigenvalue weighted by molar-refractivity contribution is -0.124. The smallest absolute Gasteiger partial charge is 0.267 e. The van der Waals surface area contributed by atoms with Gasteiger partial charge in [-0.1, -0.05) is 53.7 Å². The van der Waals surface area contributed by atoms with Gasteiger partial charge in [-0.05, 0) is 23.3 Å². The fraction of sp³-hybridized carbons (Fsp3) is 0.0556. The van der Waals surface area contributed by atoms with Gasteiger partial charge in [0.1, 0.15) is 5.69 Å². The summed E-state index contributed by atoms with van der Waals surface area (Å²) in [6.45, 7) is 0.577. The minimum atomic E-state index is -0.566. The molecule has 0 spiro atoms. The van der Waals surface area contributed by atoms with E-state index in [0.29, 0.717) is 6.54 Å². The Morgan fingerprint density at radius 1 is 1.17 bits per heavy atom. The topological polar surface area (TPSA) is 80.0 Å². The molecule has 0 saturated carbocycles. The average Bonchev–Trinajstić information content (AvgIpc) is 3.09. The summed E-state index contributed by atoms with van der Waals surface area (Å²) in [6, 6.07) is 17.6. The van der Waals surface area contributed by atoms with Crippen LogP contribution in [0.25, 0.3) is 17.3 Å². The molecule has 0 saturated heterocycles. The van der Waals surface area contributed by atoms with E-state index in [-0.39, 0.29) is 0 Å². The predicted octanol–water partition coefficient (Wildman–Crippen LogP) is 2.51. The molecule has 3 aromatic rings. The zero-order valence-corrected chi connectivity index (χ0v) is 12.8. The summed E-state index contributed by atoms with van der Waals surface area (Å²) in [5.41, 5.74) is 5.30. The van der Waals surface area contributed by atoms with Gasteiger partial charge in [0.15, 0.2) is 0 Å². The van der Waals surface area contributed by atoms with Crippen LogP contribution in [0.15, 0.2) is 66.9 Å². The Labute approximate surface area is 139 Å². The molecule has 1 amide bonds. The molecule has 6 nitrogen and oxygen atoms in total. The fourth-order valence-corrected chi connectivity index (χ4v) is 2.31. The Bertz CT molecular complexity index is 856. The van der Waals surface area contributed by atoms with Crippen LogP contribution in [-0.4, -0.2) is 26.1 Å². The van der Waals surface area contributed by atoms with Crippen molar-refractivity contribution in [2.75, 3.05) is 0 Å². The molecule has 2 N–H and O–H groups in total. The van der Waals surface area contributed by atoms with Crippen LogP contribution in [0.3, 0.4) is 0 Å². The second-order valence-corrected chi connectivity index (χ2v) is 5.22. The first kappa shape index (κ1) is 15.6. The van der Waals surface area contributed by atoms with Crippen LogP contribution >= 0.6 is 0 Å². The van der Waals surface area contributed by atoms with Crippen molar-refractivity contribution in [3.8, 4) is 11.3 Å². The Kier molecular flexibility index (Phi) is 4.78. The first-order valence-electron chi connectivity index (χ1n) is 7.41. The summed E-state index contributed by atoms with van der Waals surface area (Å²) >= 11 is 0. The van der Waals surface area contributed by atoms with Gasteiger partial charge >= 0.3 is 0 Å². The third-order valence-electron chi connectivity index (χ3n) is 3.44. The molecule has 0 fully saturated rings. The summed E-state index contributed by atoms with van der Waals surface area (Å²) in [6.07, 6.45) is 4.80. The van der Waals surface area contributed by atoms with E-state index in [1.165, 1.54) is 6.08 Å². The molecule has 0 bridgehead atoms. The zero-order chi connectivity index (χ0) is 16.8. The van der Waals surface area contributed by atoms with E-state index in [4.69, 9.17) is 5.21 Å². The van der Waals surface area contributed by atoms with Crippen LogP contribution in [0.1, 0.15) is 11.1 Å². The lowest BCUT2D eigenvalue weighted by Crippen LogP contribution is -2.14. The number of carbonyl (C=O) groups is 1. The van der Waals surface area contributed by atoms with Crippen molar-refractivity contribution in [1.29, 1.82) is 0 Å². The van der Waals surface area contributed by atoms with Gasteiger partial charge in [-0.15, -0.1) is 5.10 Å². The Morgan fingerprint density at radius 2 is 2.00 bits per heavy atom. The van der Waals surface area contributed by atoms with Gasteiger partial charge in [-0.3, -0.25) is 10.0 Å². The van der Waals surface area contributed by atoms with Crippen molar-refractivity contribution < 1.29 is 10.0 Å². The Hall–Kier alpha value is -3.25. The molecule has 0 aliphatic heterocycles. The number of amides is 1. The molecule has 1 aromatic heterocycles. The summed E-state index contributed by atoms with van der Waals surface area (Å²) in [4.78, 5) is 11.0. The monoisotopic (exact) mass is 320 g/mol. The number of rotatable bonds is 5. The van der Waals surface area contributed by atoms with Crippen molar-refractivity contribution in [3.05, 3.63) is 78.0 Å². The number of hydrogen-bond acceptors (Lipinski definition) is 4. The lowest BCUT2D eigenvalue weighted by Gasteiger charge is -2.02. The number of carbonyl (C=O) groups excluding carboxylic acids is 1.